The van der Waals surface area contributed by atoms with Gasteiger partial charge in [0.2, 0.25) is 5.88 Å². The zero-order valence-corrected chi connectivity index (χ0v) is 8.54. The van der Waals surface area contributed by atoms with E-state index in [-0.39, 0.29) is 11.6 Å². The molecule has 0 aliphatic heterocycles. The van der Waals surface area contributed by atoms with Crippen molar-refractivity contribution in [2.75, 3.05) is 6.61 Å². The molecule has 2 N–H and O–H groups in total. The molecule has 0 saturated carbocycles. The zero-order valence-electron chi connectivity index (χ0n) is 8.54. The number of aliphatic carboxylic acids is 1. The van der Waals surface area contributed by atoms with E-state index < -0.39 is 12.6 Å². The van der Waals surface area contributed by atoms with Crippen LogP contribution in [0.1, 0.15) is 0 Å². The average Bonchev–Trinajstić information content (AvgIpc) is 2.55. The van der Waals surface area contributed by atoms with Crippen molar-refractivity contribution >= 4 is 16.9 Å². The Hall–Kier alpha value is -2.24. The Balaban J connectivity index is 2.49. The van der Waals surface area contributed by atoms with Crippen LogP contribution in [0.3, 0.4) is 0 Å². The van der Waals surface area contributed by atoms with Crippen LogP contribution < -0.4 is 4.74 Å². The van der Waals surface area contributed by atoms with Gasteiger partial charge in [-0.3, -0.25) is 4.68 Å². The van der Waals surface area contributed by atoms with Crippen LogP contribution in [-0.2, 0) is 11.8 Å². The second kappa shape index (κ2) is 3.73. The zero-order chi connectivity index (χ0) is 11.7. The quantitative estimate of drug-likeness (QED) is 0.800. The molecule has 1 heterocycles. The molecular formula is C10H10N2O4. The number of carboxylic acids is 1. The Morgan fingerprint density at radius 2 is 2.31 bits per heavy atom. The lowest BCUT2D eigenvalue weighted by molar-refractivity contribution is -0.139. The number of carboxylic acid groups (broad SMARTS) is 1. The summed E-state index contributed by atoms with van der Waals surface area (Å²) >= 11 is 0. The number of carbonyl (C=O) groups is 1. The number of aromatic hydroxyl groups is 1. The number of aryl methyl sites for hydroxylation is 1. The number of ether oxygens (including phenoxy) is 1. The first-order valence-electron chi connectivity index (χ1n) is 4.59. The van der Waals surface area contributed by atoms with Gasteiger partial charge >= 0.3 is 5.97 Å². The van der Waals surface area contributed by atoms with Crippen molar-refractivity contribution in [3.05, 3.63) is 18.2 Å². The maximum Gasteiger partial charge on any atom is 0.341 e. The summed E-state index contributed by atoms with van der Waals surface area (Å²) < 4.78 is 6.51. The maximum absolute atomic E-state index is 10.4. The molecule has 6 nitrogen and oxygen atoms in total. The summed E-state index contributed by atoms with van der Waals surface area (Å²) in [6.07, 6.45) is 0. The van der Waals surface area contributed by atoms with Gasteiger partial charge in [-0.2, -0.15) is 0 Å². The number of rotatable bonds is 3. The summed E-state index contributed by atoms with van der Waals surface area (Å²) in [6.45, 7) is -0.486. The minimum Gasteiger partial charge on any atom is -0.507 e. The van der Waals surface area contributed by atoms with Crippen molar-refractivity contribution in [3.63, 3.8) is 0 Å². The monoisotopic (exact) mass is 222 g/mol. The van der Waals surface area contributed by atoms with Crippen LogP contribution >= 0.6 is 0 Å². The first-order valence-corrected chi connectivity index (χ1v) is 4.59. The van der Waals surface area contributed by atoms with Gasteiger partial charge in [0, 0.05) is 7.05 Å². The smallest absolute Gasteiger partial charge is 0.341 e. The lowest BCUT2D eigenvalue weighted by atomic mass is 10.2. The highest BCUT2D eigenvalue weighted by atomic mass is 16.5. The number of aromatic nitrogens is 2. The fourth-order valence-electron chi connectivity index (χ4n) is 1.49. The Kier molecular flexibility index (Phi) is 2.40. The van der Waals surface area contributed by atoms with E-state index in [1.165, 1.54) is 10.7 Å². The summed E-state index contributed by atoms with van der Waals surface area (Å²) in [5.41, 5.74) is 0.681. The number of phenolic OH excluding ortho intramolecular Hbond substituents is 1. The van der Waals surface area contributed by atoms with Crippen molar-refractivity contribution in [1.29, 1.82) is 0 Å². The highest BCUT2D eigenvalue weighted by molar-refractivity contribution is 5.90. The van der Waals surface area contributed by atoms with Crippen LogP contribution in [0.15, 0.2) is 18.2 Å². The molecule has 2 aromatic rings. The predicted octanol–water partition coefficient (Wildman–Crippen LogP) is 0.742. The van der Waals surface area contributed by atoms with Crippen LogP contribution in [0.2, 0.25) is 0 Å². The molecule has 0 spiro atoms. The van der Waals surface area contributed by atoms with E-state index in [4.69, 9.17) is 9.84 Å². The molecule has 0 aliphatic carbocycles. The summed E-state index contributed by atoms with van der Waals surface area (Å²) in [5, 5.41) is 22.6. The standard InChI is InChI=1S/C10H10N2O4/c1-12-6-3-2-4-7(13)9(6)10(11-12)16-5-8(14)15/h2-4,13H,5H2,1H3,(H,14,15). The second-order valence-corrected chi connectivity index (χ2v) is 3.28. The molecule has 6 heteroatoms. The molecule has 0 fully saturated rings. The first kappa shape index (κ1) is 10.3. The molecule has 16 heavy (non-hydrogen) atoms. The van der Waals surface area contributed by atoms with Crippen molar-refractivity contribution in [2.24, 2.45) is 7.05 Å². The van der Waals surface area contributed by atoms with Gasteiger partial charge in [-0.1, -0.05) is 6.07 Å². The van der Waals surface area contributed by atoms with Crippen LogP contribution in [-0.4, -0.2) is 32.6 Å². The molecule has 0 atom stereocenters. The van der Waals surface area contributed by atoms with Gasteiger partial charge in [0.25, 0.3) is 0 Å². The van der Waals surface area contributed by atoms with E-state index >= 15 is 0 Å². The lowest BCUT2D eigenvalue weighted by Crippen LogP contribution is -2.10. The van der Waals surface area contributed by atoms with Crippen LogP contribution in [0.25, 0.3) is 10.9 Å². The van der Waals surface area contributed by atoms with E-state index in [1.807, 2.05) is 0 Å². The van der Waals surface area contributed by atoms with Crippen molar-refractivity contribution in [2.45, 2.75) is 0 Å². The van der Waals surface area contributed by atoms with E-state index in [2.05, 4.69) is 5.10 Å². The van der Waals surface area contributed by atoms with Gasteiger partial charge in [-0.15, -0.1) is 5.10 Å². The molecule has 0 aliphatic rings. The van der Waals surface area contributed by atoms with E-state index in [1.54, 1.807) is 19.2 Å². The highest BCUT2D eigenvalue weighted by Crippen LogP contribution is 2.32. The number of benzene rings is 1. The Morgan fingerprint density at radius 3 is 3.00 bits per heavy atom. The molecule has 1 aromatic heterocycles. The number of hydrogen-bond donors (Lipinski definition) is 2. The van der Waals surface area contributed by atoms with Gasteiger partial charge in [0.1, 0.15) is 11.1 Å². The molecular weight excluding hydrogens is 212 g/mol. The van der Waals surface area contributed by atoms with Gasteiger partial charge in [0.15, 0.2) is 6.61 Å². The van der Waals surface area contributed by atoms with Gasteiger partial charge in [0.05, 0.1) is 5.52 Å². The van der Waals surface area contributed by atoms with E-state index in [0.717, 1.165) is 0 Å². The summed E-state index contributed by atoms with van der Waals surface area (Å²) in [5.74, 6) is -0.946. The van der Waals surface area contributed by atoms with Crippen molar-refractivity contribution in [1.82, 2.24) is 9.78 Å². The molecule has 0 bridgehead atoms. The molecule has 0 radical (unpaired) electrons. The predicted molar refractivity (Wildman–Crippen MR) is 55.5 cm³/mol. The molecule has 0 saturated heterocycles. The van der Waals surface area contributed by atoms with Crippen LogP contribution in [0, 0.1) is 0 Å². The van der Waals surface area contributed by atoms with E-state index in [0.29, 0.717) is 10.9 Å². The average molecular weight is 222 g/mol. The molecule has 0 amide bonds. The third-order valence-electron chi connectivity index (χ3n) is 2.16. The van der Waals surface area contributed by atoms with Gasteiger partial charge in [-0.05, 0) is 12.1 Å². The fourth-order valence-corrected chi connectivity index (χ4v) is 1.49. The molecule has 84 valence electrons. The lowest BCUT2D eigenvalue weighted by Gasteiger charge is -1.99. The number of fused-ring (bicyclic) bond motifs is 1. The minimum absolute atomic E-state index is 0.0194. The Morgan fingerprint density at radius 1 is 1.56 bits per heavy atom. The van der Waals surface area contributed by atoms with Crippen LogP contribution in [0.5, 0.6) is 11.6 Å². The third-order valence-corrected chi connectivity index (χ3v) is 2.16. The van der Waals surface area contributed by atoms with Gasteiger partial charge < -0.3 is 14.9 Å². The second-order valence-electron chi connectivity index (χ2n) is 3.28. The van der Waals surface area contributed by atoms with Crippen molar-refractivity contribution < 1.29 is 19.7 Å². The summed E-state index contributed by atoms with van der Waals surface area (Å²) in [6, 6.07) is 4.94. The molecule has 1 aromatic carbocycles. The highest BCUT2D eigenvalue weighted by Gasteiger charge is 2.14. The largest absolute Gasteiger partial charge is 0.507 e. The minimum atomic E-state index is -1.09. The van der Waals surface area contributed by atoms with Gasteiger partial charge in [-0.25, -0.2) is 4.79 Å². The Bertz CT molecular complexity index is 547. The maximum atomic E-state index is 10.4. The number of hydrogen-bond acceptors (Lipinski definition) is 4. The van der Waals surface area contributed by atoms with E-state index in [9.17, 15) is 9.90 Å². The van der Waals surface area contributed by atoms with Crippen LogP contribution in [0.4, 0.5) is 0 Å². The fraction of sp³-hybridized carbons (Fsp3) is 0.200. The Labute approximate surface area is 90.7 Å². The number of phenols is 1. The molecule has 2 rings (SSSR count). The topological polar surface area (TPSA) is 84.6 Å². The third kappa shape index (κ3) is 1.65. The summed E-state index contributed by atoms with van der Waals surface area (Å²) in [4.78, 5) is 10.4. The first-order chi connectivity index (χ1) is 7.59. The number of nitrogens with zero attached hydrogens (tertiary/aromatic N) is 2. The SMILES string of the molecule is Cn1nc(OCC(=O)O)c2c(O)cccc21. The summed E-state index contributed by atoms with van der Waals surface area (Å²) in [7, 11) is 1.69. The van der Waals surface area contributed by atoms with Crippen molar-refractivity contribution in [3.8, 4) is 11.6 Å². The molecule has 0 unspecified atom stereocenters. The normalized spacial score (nSPS) is 10.6.